The predicted octanol–water partition coefficient (Wildman–Crippen LogP) is 4.84. The van der Waals surface area contributed by atoms with E-state index in [4.69, 9.17) is 0 Å². The van der Waals surface area contributed by atoms with Gasteiger partial charge in [0, 0.05) is 23.6 Å². The summed E-state index contributed by atoms with van der Waals surface area (Å²) in [5.41, 5.74) is 4.12. The van der Waals surface area contributed by atoms with Crippen LogP contribution in [0.3, 0.4) is 0 Å². The molecule has 1 heterocycles. The molecule has 1 aliphatic rings. The molecule has 1 fully saturated rings. The summed E-state index contributed by atoms with van der Waals surface area (Å²) in [6.45, 7) is 4.70. The third kappa shape index (κ3) is 1.98. The molecule has 4 rings (SSSR count). The molecule has 1 aliphatic carbocycles. The van der Waals surface area contributed by atoms with Crippen LogP contribution in [-0.2, 0) is 5.41 Å². The van der Waals surface area contributed by atoms with Crippen molar-refractivity contribution in [2.24, 2.45) is 5.92 Å². The zero-order valence-corrected chi connectivity index (χ0v) is 13.0. The van der Waals surface area contributed by atoms with Gasteiger partial charge in [-0.25, -0.2) is 4.98 Å². The second-order valence-corrected chi connectivity index (χ2v) is 6.52. The summed E-state index contributed by atoms with van der Waals surface area (Å²) in [4.78, 5) is 4.65. The first-order chi connectivity index (χ1) is 10.7. The van der Waals surface area contributed by atoms with Gasteiger partial charge in [0.05, 0.1) is 0 Å². The molecule has 0 aliphatic heterocycles. The molecule has 0 N–H and O–H groups in total. The molecule has 1 saturated carbocycles. The average Bonchev–Trinajstić information content (AvgIpc) is 2.99. The highest BCUT2D eigenvalue weighted by Crippen LogP contribution is 2.55. The summed E-state index contributed by atoms with van der Waals surface area (Å²) in [5, 5.41) is 0. The summed E-state index contributed by atoms with van der Waals surface area (Å²) in [6, 6.07) is 19.1. The van der Waals surface area contributed by atoms with E-state index in [1.54, 1.807) is 0 Å². The maximum absolute atomic E-state index is 4.65. The summed E-state index contributed by atoms with van der Waals surface area (Å²) >= 11 is 0. The molecule has 2 nitrogen and oxygen atoms in total. The molecular formula is C20H20N2. The Bertz CT molecular complexity index is 803. The molecule has 3 aromatic rings. The number of imidazole rings is 1. The van der Waals surface area contributed by atoms with Crippen LogP contribution in [0.5, 0.6) is 0 Å². The molecule has 110 valence electrons. The minimum Gasteiger partial charge on any atom is -0.300 e. The van der Waals surface area contributed by atoms with Crippen LogP contribution in [0.2, 0.25) is 0 Å². The van der Waals surface area contributed by atoms with Crippen LogP contribution >= 0.6 is 0 Å². The van der Waals surface area contributed by atoms with E-state index in [-0.39, 0.29) is 0 Å². The largest absolute Gasteiger partial charge is 0.300 e. The Labute approximate surface area is 131 Å². The normalized spacial score (nSPS) is 23.5. The van der Waals surface area contributed by atoms with E-state index in [0.717, 1.165) is 17.4 Å². The van der Waals surface area contributed by atoms with Crippen LogP contribution in [0.15, 0.2) is 67.0 Å². The zero-order chi connectivity index (χ0) is 15.2. The Morgan fingerprint density at radius 3 is 2.45 bits per heavy atom. The van der Waals surface area contributed by atoms with Gasteiger partial charge in [-0.1, -0.05) is 56.3 Å². The Morgan fingerprint density at radius 1 is 1.05 bits per heavy atom. The SMILES string of the molecule is C[C@@H]1CC1(C)c1ccccc1-c1nccn1-c1ccccc1. The number of rotatable bonds is 3. The number of aromatic nitrogens is 2. The molecule has 22 heavy (non-hydrogen) atoms. The van der Waals surface area contributed by atoms with Gasteiger partial charge in [0.1, 0.15) is 5.82 Å². The van der Waals surface area contributed by atoms with Crippen LogP contribution in [0.1, 0.15) is 25.8 Å². The van der Waals surface area contributed by atoms with Gasteiger partial charge >= 0.3 is 0 Å². The number of nitrogens with zero attached hydrogens (tertiary/aromatic N) is 2. The molecule has 0 amide bonds. The third-order valence-corrected chi connectivity index (χ3v) is 5.12. The van der Waals surface area contributed by atoms with Crippen molar-refractivity contribution in [1.29, 1.82) is 0 Å². The maximum Gasteiger partial charge on any atom is 0.144 e. The lowest BCUT2D eigenvalue weighted by atomic mass is 9.91. The molecule has 0 radical (unpaired) electrons. The Kier molecular flexibility index (Phi) is 2.93. The van der Waals surface area contributed by atoms with Crippen LogP contribution in [-0.4, -0.2) is 9.55 Å². The highest BCUT2D eigenvalue weighted by Gasteiger charge is 2.49. The van der Waals surface area contributed by atoms with Gasteiger partial charge < -0.3 is 0 Å². The summed E-state index contributed by atoms with van der Waals surface area (Å²) in [6.07, 6.45) is 5.19. The van der Waals surface area contributed by atoms with Crippen molar-refractivity contribution in [2.75, 3.05) is 0 Å². The van der Waals surface area contributed by atoms with Crippen LogP contribution in [0.25, 0.3) is 17.1 Å². The predicted molar refractivity (Wildman–Crippen MR) is 90.1 cm³/mol. The van der Waals surface area contributed by atoms with E-state index in [2.05, 4.69) is 71.9 Å². The van der Waals surface area contributed by atoms with Gasteiger partial charge in [-0.05, 0) is 35.4 Å². The van der Waals surface area contributed by atoms with Crippen molar-refractivity contribution in [3.05, 3.63) is 72.6 Å². The van der Waals surface area contributed by atoms with Gasteiger partial charge in [-0.2, -0.15) is 0 Å². The van der Waals surface area contributed by atoms with Crippen molar-refractivity contribution < 1.29 is 0 Å². The topological polar surface area (TPSA) is 17.8 Å². The lowest BCUT2D eigenvalue weighted by Gasteiger charge is -2.17. The van der Waals surface area contributed by atoms with E-state index in [1.807, 2.05) is 18.5 Å². The van der Waals surface area contributed by atoms with Crippen molar-refractivity contribution in [2.45, 2.75) is 25.7 Å². The molecule has 1 unspecified atom stereocenters. The fourth-order valence-electron chi connectivity index (χ4n) is 3.43. The first kappa shape index (κ1) is 13.3. The minimum atomic E-state index is 0.296. The zero-order valence-electron chi connectivity index (χ0n) is 13.0. The fourth-order valence-corrected chi connectivity index (χ4v) is 3.43. The summed E-state index contributed by atoms with van der Waals surface area (Å²) in [5.74, 6) is 1.77. The maximum atomic E-state index is 4.65. The molecule has 1 aromatic heterocycles. The van der Waals surface area contributed by atoms with Crippen LogP contribution in [0.4, 0.5) is 0 Å². The van der Waals surface area contributed by atoms with E-state index in [1.165, 1.54) is 17.5 Å². The number of para-hydroxylation sites is 1. The molecular weight excluding hydrogens is 268 g/mol. The van der Waals surface area contributed by atoms with E-state index in [9.17, 15) is 0 Å². The lowest BCUT2D eigenvalue weighted by Crippen LogP contribution is -2.07. The Hall–Kier alpha value is -2.35. The summed E-state index contributed by atoms with van der Waals surface area (Å²) < 4.78 is 2.18. The molecule has 0 saturated heterocycles. The first-order valence-corrected chi connectivity index (χ1v) is 7.89. The van der Waals surface area contributed by atoms with Gasteiger partial charge in [-0.15, -0.1) is 0 Å². The number of benzene rings is 2. The van der Waals surface area contributed by atoms with Crippen molar-refractivity contribution in [3.63, 3.8) is 0 Å². The van der Waals surface area contributed by atoms with E-state index >= 15 is 0 Å². The van der Waals surface area contributed by atoms with E-state index in [0.29, 0.717) is 5.41 Å². The number of hydrogen-bond acceptors (Lipinski definition) is 1. The minimum absolute atomic E-state index is 0.296. The van der Waals surface area contributed by atoms with Crippen LogP contribution < -0.4 is 0 Å². The smallest absolute Gasteiger partial charge is 0.144 e. The van der Waals surface area contributed by atoms with Crippen molar-refractivity contribution in [3.8, 4) is 17.1 Å². The van der Waals surface area contributed by atoms with Gasteiger partial charge in [0.2, 0.25) is 0 Å². The summed E-state index contributed by atoms with van der Waals surface area (Å²) in [7, 11) is 0. The van der Waals surface area contributed by atoms with Crippen LogP contribution in [0, 0.1) is 5.92 Å². The number of hydrogen-bond donors (Lipinski definition) is 0. The first-order valence-electron chi connectivity index (χ1n) is 7.89. The molecule has 2 atom stereocenters. The average molecular weight is 288 g/mol. The molecule has 2 heteroatoms. The Morgan fingerprint density at radius 2 is 1.73 bits per heavy atom. The highest BCUT2D eigenvalue weighted by molar-refractivity contribution is 5.66. The van der Waals surface area contributed by atoms with Gasteiger partial charge in [0.15, 0.2) is 0 Å². The highest BCUT2D eigenvalue weighted by atomic mass is 15.1. The van der Waals surface area contributed by atoms with Crippen molar-refractivity contribution >= 4 is 0 Å². The third-order valence-electron chi connectivity index (χ3n) is 5.12. The molecule has 2 aromatic carbocycles. The van der Waals surface area contributed by atoms with Gasteiger partial charge in [0.25, 0.3) is 0 Å². The van der Waals surface area contributed by atoms with Gasteiger partial charge in [-0.3, -0.25) is 4.57 Å². The second kappa shape index (κ2) is 4.84. The second-order valence-electron chi connectivity index (χ2n) is 6.52. The Balaban J connectivity index is 1.87. The monoisotopic (exact) mass is 288 g/mol. The quantitative estimate of drug-likeness (QED) is 0.674. The molecule has 0 bridgehead atoms. The fraction of sp³-hybridized carbons (Fsp3) is 0.250. The van der Waals surface area contributed by atoms with Crippen molar-refractivity contribution in [1.82, 2.24) is 9.55 Å². The lowest BCUT2D eigenvalue weighted by molar-refractivity contribution is 0.702. The molecule has 0 spiro atoms. The van der Waals surface area contributed by atoms with E-state index < -0.39 is 0 Å². The standard InChI is InChI=1S/C20H20N2/c1-15-14-20(15,2)18-11-7-6-10-17(18)19-21-12-13-22(19)16-8-4-3-5-9-16/h3-13,15H,14H2,1-2H3/t15-,20?/m1/s1.